The second kappa shape index (κ2) is 7.36. The van der Waals surface area contributed by atoms with Crippen LogP contribution in [0.2, 0.25) is 0 Å². The lowest BCUT2D eigenvalue weighted by Crippen LogP contribution is -2.22. The molecule has 0 heterocycles. The summed E-state index contributed by atoms with van der Waals surface area (Å²) in [5.74, 6) is -0.182. The lowest BCUT2D eigenvalue weighted by atomic mass is 10.0. The first-order chi connectivity index (χ1) is 7.77. The predicted octanol–water partition coefficient (Wildman–Crippen LogP) is 2.90. The molecule has 0 radical (unpaired) electrons. The van der Waals surface area contributed by atoms with E-state index in [0.717, 1.165) is 31.6 Å². The summed E-state index contributed by atoms with van der Waals surface area (Å²) in [6.07, 6.45) is 1.99. The molecule has 0 saturated heterocycles. The molecular weight excluding hydrogens is 205 g/mol. The van der Waals surface area contributed by atoms with Crippen molar-refractivity contribution < 1.29 is 9.13 Å². The summed E-state index contributed by atoms with van der Waals surface area (Å²) in [4.78, 5) is 0. The van der Waals surface area contributed by atoms with Gasteiger partial charge in [-0.05, 0) is 37.1 Å². The summed E-state index contributed by atoms with van der Waals surface area (Å²) in [5.41, 5.74) is 1.14. The van der Waals surface area contributed by atoms with Gasteiger partial charge in [0.1, 0.15) is 5.82 Å². The van der Waals surface area contributed by atoms with Crippen molar-refractivity contribution in [1.29, 1.82) is 0 Å². The molecule has 1 unspecified atom stereocenters. The topological polar surface area (TPSA) is 21.3 Å². The number of halogens is 1. The van der Waals surface area contributed by atoms with Gasteiger partial charge in [-0.25, -0.2) is 4.39 Å². The fraction of sp³-hybridized carbons (Fsp3) is 0.538. The molecule has 0 aliphatic carbocycles. The minimum atomic E-state index is -0.182. The van der Waals surface area contributed by atoms with Crippen molar-refractivity contribution in [3.8, 4) is 0 Å². The highest BCUT2D eigenvalue weighted by molar-refractivity contribution is 5.19. The fourth-order valence-corrected chi connectivity index (χ4v) is 1.69. The Balaban J connectivity index is 2.44. The molecule has 1 N–H and O–H groups in total. The number of hydrogen-bond acceptors (Lipinski definition) is 2. The van der Waals surface area contributed by atoms with E-state index >= 15 is 0 Å². The summed E-state index contributed by atoms with van der Waals surface area (Å²) in [7, 11) is 1.71. The Labute approximate surface area is 96.8 Å². The SMILES string of the molecule is CCC(NCCCOC)c1ccc(F)cc1. The van der Waals surface area contributed by atoms with Crippen molar-refractivity contribution in [2.75, 3.05) is 20.3 Å². The van der Waals surface area contributed by atoms with Crippen LogP contribution in [-0.4, -0.2) is 20.3 Å². The smallest absolute Gasteiger partial charge is 0.123 e. The van der Waals surface area contributed by atoms with Gasteiger partial charge in [0, 0.05) is 19.8 Å². The fourth-order valence-electron chi connectivity index (χ4n) is 1.69. The largest absolute Gasteiger partial charge is 0.385 e. The molecule has 1 aromatic rings. The Hall–Kier alpha value is -0.930. The monoisotopic (exact) mass is 225 g/mol. The molecule has 2 nitrogen and oxygen atoms in total. The highest BCUT2D eigenvalue weighted by Crippen LogP contribution is 2.16. The molecular formula is C13H20FNO. The summed E-state index contributed by atoms with van der Waals surface area (Å²) >= 11 is 0. The van der Waals surface area contributed by atoms with Crippen LogP contribution in [0, 0.1) is 5.82 Å². The van der Waals surface area contributed by atoms with Crippen molar-refractivity contribution in [2.45, 2.75) is 25.8 Å². The Morgan fingerprint density at radius 2 is 2.00 bits per heavy atom. The Kier molecular flexibility index (Phi) is 6.04. The Morgan fingerprint density at radius 3 is 2.56 bits per heavy atom. The van der Waals surface area contributed by atoms with Crippen molar-refractivity contribution in [3.63, 3.8) is 0 Å². The minimum Gasteiger partial charge on any atom is -0.385 e. The summed E-state index contributed by atoms with van der Waals surface area (Å²) in [6.45, 7) is 3.81. The van der Waals surface area contributed by atoms with Gasteiger partial charge in [0.2, 0.25) is 0 Å². The van der Waals surface area contributed by atoms with Crippen molar-refractivity contribution in [1.82, 2.24) is 5.32 Å². The third-order valence-corrected chi connectivity index (χ3v) is 2.60. The lowest BCUT2D eigenvalue weighted by molar-refractivity contribution is 0.193. The quantitative estimate of drug-likeness (QED) is 0.720. The molecule has 0 amide bonds. The van der Waals surface area contributed by atoms with Gasteiger partial charge in [-0.3, -0.25) is 0 Å². The third-order valence-electron chi connectivity index (χ3n) is 2.60. The number of ether oxygens (including phenoxy) is 1. The van der Waals surface area contributed by atoms with Gasteiger partial charge >= 0.3 is 0 Å². The molecule has 0 bridgehead atoms. The van der Waals surface area contributed by atoms with Gasteiger partial charge in [0.15, 0.2) is 0 Å². The molecule has 1 rings (SSSR count). The van der Waals surface area contributed by atoms with Crippen LogP contribution in [0.25, 0.3) is 0 Å². The summed E-state index contributed by atoms with van der Waals surface area (Å²) in [5, 5.41) is 3.44. The first-order valence-electron chi connectivity index (χ1n) is 5.75. The predicted molar refractivity (Wildman–Crippen MR) is 63.9 cm³/mol. The van der Waals surface area contributed by atoms with E-state index in [0.29, 0.717) is 6.04 Å². The number of hydrogen-bond donors (Lipinski definition) is 1. The van der Waals surface area contributed by atoms with Crippen LogP contribution in [0.5, 0.6) is 0 Å². The molecule has 0 aliphatic heterocycles. The first-order valence-corrected chi connectivity index (χ1v) is 5.75. The second-order valence-corrected chi connectivity index (χ2v) is 3.81. The average Bonchev–Trinajstić information content (AvgIpc) is 2.31. The summed E-state index contributed by atoms with van der Waals surface area (Å²) in [6, 6.07) is 7.00. The maximum Gasteiger partial charge on any atom is 0.123 e. The summed E-state index contributed by atoms with van der Waals surface area (Å²) < 4.78 is 17.8. The molecule has 0 saturated carbocycles. The van der Waals surface area contributed by atoms with Crippen LogP contribution in [-0.2, 0) is 4.74 Å². The maximum atomic E-state index is 12.8. The van der Waals surface area contributed by atoms with Gasteiger partial charge < -0.3 is 10.1 Å². The lowest BCUT2D eigenvalue weighted by Gasteiger charge is -2.17. The molecule has 3 heteroatoms. The molecule has 0 aromatic heterocycles. The number of methoxy groups -OCH3 is 1. The number of nitrogens with one attached hydrogen (secondary N) is 1. The van der Waals surface area contributed by atoms with Gasteiger partial charge in [-0.2, -0.15) is 0 Å². The van der Waals surface area contributed by atoms with E-state index in [-0.39, 0.29) is 5.82 Å². The van der Waals surface area contributed by atoms with E-state index in [2.05, 4.69) is 12.2 Å². The average molecular weight is 225 g/mol. The van der Waals surface area contributed by atoms with Crippen LogP contribution < -0.4 is 5.32 Å². The van der Waals surface area contributed by atoms with Crippen molar-refractivity contribution >= 4 is 0 Å². The van der Waals surface area contributed by atoms with Gasteiger partial charge in [-0.1, -0.05) is 19.1 Å². The highest BCUT2D eigenvalue weighted by atomic mass is 19.1. The Morgan fingerprint density at radius 1 is 1.31 bits per heavy atom. The van der Waals surface area contributed by atoms with Crippen LogP contribution in [0.4, 0.5) is 4.39 Å². The van der Waals surface area contributed by atoms with Gasteiger partial charge in [-0.15, -0.1) is 0 Å². The highest BCUT2D eigenvalue weighted by Gasteiger charge is 2.07. The zero-order chi connectivity index (χ0) is 11.8. The van der Waals surface area contributed by atoms with Crippen LogP contribution >= 0.6 is 0 Å². The van der Waals surface area contributed by atoms with Crippen LogP contribution in [0.15, 0.2) is 24.3 Å². The molecule has 0 aliphatic rings. The van der Waals surface area contributed by atoms with E-state index in [4.69, 9.17) is 4.74 Å². The van der Waals surface area contributed by atoms with E-state index in [9.17, 15) is 4.39 Å². The van der Waals surface area contributed by atoms with Crippen molar-refractivity contribution in [2.24, 2.45) is 0 Å². The second-order valence-electron chi connectivity index (χ2n) is 3.81. The first kappa shape index (κ1) is 13.1. The Bertz CT molecular complexity index is 286. The standard InChI is InChI=1S/C13H20FNO/c1-3-13(15-9-4-10-16-2)11-5-7-12(14)8-6-11/h5-8,13,15H,3-4,9-10H2,1-2H3. The van der Waals surface area contributed by atoms with Gasteiger partial charge in [0.25, 0.3) is 0 Å². The molecule has 16 heavy (non-hydrogen) atoms. The van der Waals surface area contributed by atoms with Gasteiger partial charge in [0.05, 0.1) is 0 Å². The number of rotatable bonds is 7. The van der Waals surface area contributed by atoms with E-state index in [1.54, 1.807) is 7.11 Å². The van der Waals surface area contributed by atoms with Crippen LogP contribution in [0.3, 0.4) is 0 Å². The molecule has 0 spiro atoms. The van der Waals surface area contributed by atoms with E-state index in [1.165, 1.54) is 12.1 Å². The van der Waals surface area contributed by atoms with Crippen LogP contribution in [0.1, 0.15) is 31.4 Å². The van der Waals surface area contributed by atoms with Crippen molar-refractivity contribution in [3.05, 3.63) is 35.6 Å². The minimum absolute atomic E-state index is 0.182. The zero-order valence-electron chi connectivity index (χ0n) is 10.0. The van der Waals surface area contributed by atoms with E-state index in [1.807, 2.05) is 12.1 Å². The maximum absolute atomic E-state index is 12.8. The molecule has 1 atom stereocenters. The van der Waals surface area contributed by atoms with E-state index < -0.39 is 0 Å². The zero-order valence-corrected chi connectivity index (χ0v) is 10.0. The number of benzene rings is 1. The normalized spacial score (nSPS) is 12.7. The molecule has 1 aromatic carbocycles. The molecule has 90 valence electrons. The molecule has 0 fully saturated rings. The third kappa shape index (κ3) is 4.29.